The molecule has 5 nitrogen and oxygen atoms in total. The summed E-state index contributed by atoms with van der Waals surface area (Å²) in [6, 6.07) is 13.2. The molecule has 4 rings (SSSR count). The molecule has 4 aromatic rings. The normalized spacial score (nSPS) is 11.2. The fraction of sp³-hybridized carbons (Fsp3) is 0.222. The fourth-order valence-electron chi connectivity index (χ4n) is 3.42. The van der Waals surface area contributed by atoms with E-state index in [-0.39, 0.29) is 5.82 Å². The minimum Gasteiger partial charge on any atom is -0.487 e. The Morgan fingerprint density at radius 3 is 2.45 bits per heavy atom. The Kier molecular flexibility index (Phi) is 7.59. The van der Waals surface area contributed by atoms with Gasteiger partial charge in [0.25, 0.3) is 0 Å². The van der Waals surface area contributed by atoms with Crippen molar-refractivity contribution >= 4 is 12.2 Å². The van der Waals surface area contributed by atoms with Crippen LogP contribution in [0.3, 0.4) is 0 Å². The Hall–Kier alpha value is -3.80. The zero-order valence-electron chi connectivity index (χ0n) is 18.6. The molecule has 0 N–H and O–H groups in total. The molecule has 168 valence electrons. The summed E-state index contributed by atoms with van der Waals surface area (Å²) in [7, 11) is 0. The van der Waals surface area contributed by atoms with E-state index in [2.05, 4.69) is 27.1 Å². The molecule has 0 aliphatic rings. The third-order valence-corrected chi connectivity index (χ3v) is 5.24. The summed E-state index contributed by atoms with van der Waals surface area (Å²) in [6.45, 7) is 2.16. The number of halogens is 1. The van der Waals surface area contributed by atoms with E-state index in [1.165, 1.54) is 17.2 Å². The summed E-state index contributed by atoms with van der Waals surface area (Å²) in [5.74, 6) is 0.920. The van der Waals surface area contributed by atoms with Crippen LogP contribution in [0, 0.1) is 12.7 Å². The highest BCUT2D eigenvalue weighted by Gasteiger charge is 2.04. The Labute approximate surface area is 193 Å². The molecule has 0 saturated heterocycles. The molecule has 0 fully saturated rings. The Morgan fingerprint density at radius 2 is 1.70 bits per heavy atom. The Balaban J connectivity index is 1.21. The van der Waals surface area contributed by atoms with E-state index in [1.54, 1.807) is 30.8 Å². The van der Waals surface area contributed by atoms with Gasteiger partial charge in [0, 0.05) is 24.0 Å². The number of rotatable bonds is 10. The molecule has 2 heterocycles. The molecule has 0 bridgehead atoms. The molecule has 0 unspecified atom stereocenters. The van der Waals surface area contributed by atoms with Crippen molar-refractivity contribution in [2.24, 2.45) is 0 Å². The fourth-order valence-corrected chi connectivity index (χ4v) is 3.42. The van der Waals surface area contributed by atoms with E-state index in [4.69, 9.17) is 9.15 Å². The molecular weight excluding hydrogens is 417 g/mol. The van der Waals surface area contributed by atoms with Crippen molar-refractivity contribution in [3.05, 3.63) is 107 Å². The predicted octanol–water partition coefficient (Wildman–Crippen LogP) is 6.23. The van der Waals surface area contributed by atoms with Crippen molar-refractivity contribution in [1.82, 2.24) is 15.0 Å². The molecular formula is C27H26FN3O2. The molecule has 0 aliphatic carbocycles. The van der Waals surface area contributed by atoms with Gasteiger partial charge in [-0.25, -0.2) is 19.3 Å². The van der Waals surface area contributed by atoms with Crippen LogP contribution in [0.5, 0.6) is 5.75 Å². The number of oxazole rings is 1. The first-order chi connectivity index (χ1) is 16.2. The lowest BCUT2D eigenvalue weighted by Gasteiger charge is -2.06. The van der Waals surface area contributed by atoms with E-state index < -0.39 is 0 Å². The maximum Gasteiger partial charge on any atom is 0.218 e. The number of unbranched alkanes of at least 4 members (excludes halogenated alkanes) is 1. The van der Waals surface area contributed by atoms with Crippen molar-refractivity contribution in [3.8, 4) is 5.75 Å². The lowest BCUT2D eigenvalue weighted by Crippen LogP contribution is -1.96. The lowest BCUT2D eigenvalue weighted by atomic mass is 10.1. The summed E-state index contributed by atoms with van der Waals surface area (Å²) in [5.41, 5.74) is 4.50. The van der Waals surface area contributed by atoms with E-state index in [0.717, 1.165) is 37.0 Å². The molecule has 0 radical (unpaired) electrons. The number of hydrogen-bond donors (Lipinski definition) is 0. The molecule has 6 heteroatoms. The van der Waals surface area contributed by atoms with Gasteiger partial charge in [0.15, 0.2) is 0 Å². The summed E-state index contributed by atoms with van der Waals surface area (Å²) in [4.78, 5) is 12.5. The second-order valence-corrected chi connectivity index (χ2v) is 7.92. The van der Waals surface area contributed by atoms with E-state index >= 15 is 0 Å². The minimum atomic E-state index is -0.268. The van der Waals surface area contributed by atoms with Gasteiger partial charge in [-0.2, -0.15) is 0 Å². The summed E-state index contributed by atoms with van der Waals surface area (Å²) in [5, 5.41) is 0. The van der Waals surface area contributed by atoms with Gasteiger partial charge in [0.1, 0.15) is 36.5 Å². The SMILES string of the molecule is Cc1ccc(/C=C/c2nc(COc3ccc(CCCCc4cncnc4)cc3)co2)c(F)c1. The Bertz CT molecular complexity index is 1190. The van der Waals surface area contributed by atoms with Gasteiger partial charge in [0.05, 0.1) is 0 Å². The molecule has 2 aromatic carbocycles. The van der Waals surface area contributed by atoms with Crippen LogP contribution in [0.2, 0.25) is 0 Å². The molecule has 0 spiro atoms. The molecule has 0 atom stereocenters. The summed E-state index contributed by atoms with van der Waals surface area (Å²) in [6.07, 6.45) is 14.4. The molecule has 2 aromatic heterocycles. The van der Waals surface area contributed by atoms with Crippen LogP contribution in [0.15, 0.2) is 71.9 Å². The standard InChI is InChI=1S/C27H26FN3O2/c1-20-6-9-23(26(28)14-20)10-13-27-31-24(18-33-27)17-32-25-11-7-21(8-12-25)4-2-3-5-22-15-29-19-30-16-22/h6-16,18-19H,2-5,17H2,1H3/b13-10+. The van der Waals surface area contributed by atoms with Crippen molar-refractivity contribution in [1.29, 1.82) is 0 Å². The second-order valence-electron chi connectivity index (χ2n) is 7.92. The van der Waals surface area contributed by atoms with Crippen LogP contribution in [-0.4, -0.2) is 15.0 Å². The number of benzene rings is 2. The van der Waals surface area contributed by atoms with Crippen LogP contribution >= 0.6 is 0 Å². The van der Waals surface area contributed by atoms with Gasteiger partial charge in [-0.1, -0.05) is 24.3 Å². The Morgan fingerprint density at radius 1 is 0.939 bits per heavy atom. The summed E-state index contributed by atoms with van der Waals surface area (Å²) < 4.78 is 25.2. The highest BCUT2D eigenvalue weighted by Crippen LogP contribution is 2.17. The van der Waals surface area contributed by atoms with E-state index in [0.29, 0.717) is 23.8 Å². The maximum absolute atomic E-state index is 13.9. The minimum absolute atomic E-state index is 0.268. The first-order valence-electron chi connectivity index (χ1n) is 11.0. The zero-order chi connectivity index (χ0) is 22.9. The predicted molar refractivity (Wildman–Crippen MR) is 126 cm³/mol. The smallest absolute Gasteiger partial charge is 0.218 e. The number of aromatic nitrogens is 3. The van der Waals surface area contributed by atoms with Crippen molar-refractivity contribution in [3.63, 3.8) is 0 Å². The first-order valence-corrected chi connectivity index (χ1v) is 11.0. The first kappa shape index (κ1) is 22.4. The molecule has 33 heavy (non-hydrogen) atoms. The maximum atomic E-state index is 13.9. The average Bonchev–Trinajstić information content (AvgIpc) is 3.29. The average molecular weight is 444 g/mol. The molecule has 0 saturated carbocycles. The van der Waals surface area contributed by atoms with Gasteiger partial charge in [-0.05, 0) is 73.6 Å². The van der Waals surface area contributed by atoms with Gasteiger partial charge >= 0.3 is 0 Å². The largest absolute Gasteiger partial charge is 0.487 e. The van der Waals surface area contributed by atoms with Crippen molar-refractivity contribution in [2.45, 2.75) is 39.2 Å². The highest BCUT2D eigenvalue weighted by molar-refractivity contribution is 5.66. The third kappa shape index (κ3) is 6.84. The molecule has 0 amide bonds. The van der Waals surface area contributed by atoms with E-state index in [1.807, 2.05) is 37.5 Å². The van der Waals surface area contributed by atoms with Gasteiger partial charge in [-0.15, -0.1) is 0 Å². The highest BCUT2D eigenvalue weighted by atomic mass is 19.1. The van der Waals surface area contributed by atoms with Crippen LogP contribution in [0.1, 0.15) is 46.7 Å². The second kappa shape index (κ2) is 11.2. The van der Waals surface area contributed by atoms with E-state index in [9.17, 15) is 4.39 Å². The monoisotopic (exact) mass is 443 g/mol. The number of ether oxygens (including phenoxy) is 1. The summed E-state index contributed by atoms with van der Waals surface area (Å²) >= 11 is 0. The van der Waals surface area contributed by atoms with Crippen molar-refractivity contribution < 1.29 is 13.5 Å². The number of hydrogen-bond acceptors (Lipinski definition) is 5. The van der Waals surface area contributed by atoms with Gasteiger partial charge in [0.2, 0.25) is 5.89 Å². The quantitative estimate of drug-likeness (QED) is 0.272. The zero-order valence-corrected chi connectivity index (χ0v) is 18.6. The topological polar surface area (TPSA) is 61.0 Å². The number of nitrogens with zero attached hydrogens (tertiary/aromatic N) is 3. The van der Waals surface area contributed by atoms with Crippen LogP contribution < -0.4 is 4.74 Å². The van der Waals surface area contributed by atoms with Gasteiger partial charge < -0.3 is 9.15 Å². The van der Waals surface area contributed by atoms with Crippen LogP contribution in [0.4, 0.5) is 4.39 Å². The van der Waals surface area contributed by atoms with Crippen molar-refractivity contribution in [2.75, 3.05) is 0 Å². The lowest BCUT2D eigenvalue weighted by molar-refractivity contribution is 0.301. The van der Waals surface area contributed by atoms with Crippen LogP contribution in [-0.2, 0) is 19.4 Å². The third-order valence-electron chi connectivity index (χ3n) is 5.24. The van der Waals surface area contributed by atoms with Gasteiger partial charge in [-0.3, -0.25) is 0 Å². The van der Waals surface area contributed by atoms with Crippen LogP contribution in [0.25, 0.3) is 12.2 Å². The number of aryl methyl sites for hydroxylation is 3. The molecule has 0 aliphatic heterocycles.